The Morgan fingerprint density at radius 2 is 2.17 bits per heavy atom. The van der Waals surface area contributed by atoms with E-state index >= 15 is 0 Å². The van der Waals surface area contributed by atoms with E-state index in [1.807, 2.05) is 0 Å². The van der Waals surface area contributed by atoms with Crippen LogP contribution in [0.5, 0.6) is 0 Å². The molecule has 0 aromatic carbocycles. The molecule has 24 heavy (non-hydrogen) atoms. The van der Waals surface area contributed by atoms with Crippen molar-refractivity contribution in [2.75, 3.05) is 12.3 Å². The van der Waals surface area contributed by atoms with Gasteiger partial charge in [0.2, 0.25) is 0 Å². The third-order valence-corrected chi connectivity index (χ3v) is 3.61. The first-order valence-electron chi connectivity index (χ1n) is 7.44. The first kappa shape index (κ1) is 15.7. The second-order valence-electron chi connectivity index (χ2n) is 5.18. The maximum Gasteiger partial charge on any atom is 0.339 e. The number of fused-ring (bicyclic) bond motifs is 1. The molecule has 0 fully saturated rings. The minimum atomic E-state index is -0.503. The van der Waals surface area contributed by atoms with Crippen LogP contribution in [0.15, 0.2) is 41.5 Å². The molecule has 0 saturated carbocycles. The molecule has 2 N–H and O–H groups in total. The Hall–Kier alpha value is -3.22. The van der Waals surface area contributed by atoms with Crippen molar-refractivity contribution >= 4 is 22.6 Å². The Bertz CT molecular complexity index is 995. The highest BCUT2D eigenvalue weighted by Crippen LogP contribution is 2.17. The maximum absolute atomic E-state index is 12.8. The summed E-state index contributed by atoms with van der Waals surface area (Å²) >= 11 is 0. The van der Waals surface area contributed by atoms with Crippen LogP contribution in [0, 0.1) is 6.92 Å². The summed E-state index contributed by atoms with van der Waals surface area (Å²) in [5, 5.41) is 0.302. The number of pyridine rings is 3. The van der Waals surface area contributed by atoms with E-state index in [1.54, 1.807) is 44.4 Å². The van der Waals surface area contributed by atoms with Gasteiger partial charge in [0.1, 0.15) is 0 Å². The number of nitrogens with zero attached hydrogens (tertiary/aromatic N) is 3. The highest BCUT2D eigenvalue weighted by molar-refractivity contribution is 5.95. The number of aromatic nitrogens is 3. The molecule has 3 aromatic heterocycles. The predicted molar refractivity (Wildman–Crippen MR) is 90.2 cm³/mol. The van der Waals surface area contributed by atoms with Gasteiger partial charge in [-0.15, -0.1) is 0 Å². The van der Waals surface area contributed by atoms with Crippen molar-refractivity contribution in [1.82, 2.24) is 14.5 Å². The van der Waals surface area contributed by atoms with Gasteiger partial charge in [-0.3, -0.25) is 14.3 Å². The Labute approximate surface area is 137 Å². The number of nitrogen functional groups attached to an aromatic ring is 1. The summed E-state index contributed by atoms with van der Waals surface area (Å²) in [6.45, 7) is 3.67. The molecule has 0 saturated heterocycles. The summed E-state index contributed by atoms with van der Waals surface area (Å²) in [6.07, 6.45) is 3.12. The van der Waals surface area contributed by atoms with E-state index in [-0.39, 0.29) is 17.7 Å². The van der Waals surface area contributed by atoms with Gasteiger partial charge in [0, 0.05) is 12.4 Å². The lowest BCUT2D eigenvalue weighted by Gasteiger charge is -2.10. The Morgan fingerprint density at radius 3 is 2.88 bits per heavy atom. The number of anilines is 1. The number of ether oxygens (including phenoxy) is 1. The minimum Gasteiger partial charge on any atom is -0.462 e. The number of carbonyl (C=O) groups excluding carboxylic acids is 1. The van der Waals surface area contributed by atoms with Crippen LogP contribution in [-0.2, 0) is 4.74 Å². The van der Waals surface area contributed by atoms with Crippen molar-refractivity contribution < 1.29 is 9.53 Å². The standard InChI is InChI=1S/C17H16N4O3/c1-3-24-17(23)11-9-12-14(20-10(11)2)6-8-21(16(12)22)15-13(18)5-4-7-19-15/h4-9H,3,18H2,1-2H3. The van der Waals surface area contributed by atoms with Crippen molar-refractivity contribution in [2.45, 2.75) is 13.8 Å². The van der Waals surface area contributed by atoms with Crippen LogP contribution in [0.25, 0.3) is 16.7 Å². The molecule has 122 valence electrons. The fourth-order valence-electron chi connectivity index (χ4n) is 2.46. The van der Waals surface area contributed by atoms with Crippen LogP contribution >= 0.6 is 0 Å². The van der Waals surface area contributed by atoms with Gasteiger partial charge < -0.3 is 10.5 Å². The fraction of sp³-hybridized carbons (Fsp3) is 0.176. The van der Waals surface area contributed by atoms with Crippen molar-refractivity contribution in [2.24, 2.45) is 0 Å². The quantitative estimate of drug-likeness (QED) is 0.738. The lowest BCUT2D eigenvalue weighted by atomic mass is 10.1. The van der Waals surface area contributed by atoms with E-state index in [4.69, 9.17) is 10.5 Å². The van der Waals surface area contributed by atoms with Crippen molar-refractivity contribution in [3.05, 3.63) is 58.3 Å². The Kier molecular flexibility index (Phi) is 3.99. The van der Waals surface area contributed by atoms with Crippen LogP contribution in [0.1, 0.15) is 23.0 Å². The molecule has 0 aliphatic carbocycles. The summed E-state index contributed by atoms with van der Waals surface area (Å²) in [5.41, 5.74) is 7.20. The highest BCUT2D eigenvalue weighted by atomic mass is 16.5. The number of rotatable bonds is 3. The van der Waals surface area contributed by atoms with Gasteiger partial charge in [-0.1, -0.05) is 0 Å². The second kappa shape index (κ2) is 6.11. The predicted octanol–water partition coefficient (Wildman–Crippen LogP) is 1.85. The zero-order chi connectivity index (χ0) is 17.3. The molecule has 0 aliphatic heterocycles. The zero-order valence-electron chi connectivity index (χ0n) is 13.3. The molecule has 0 radical (unpaired) electrons. The molecule has 3 rings (SSSR count). The van der Waals surface area contributed by atoms with Crippen LogP contribution < -0.4 is 11.3 Å². The molecular weight excluding hydrogens is 308 g/mol. The first-order chi connectivity index (χ1) is 11.5. The van der Waals surface area contributed by atoms with E-state index < -0.39 is 5.97 Å². The van der Waals surface area contributed by atoms with E-state index in [0.29, 0.717) is 28.1 Å². The first-order valence-corrected chi connectivity index (χ1v) is 7.44. The van der Waals surface area contributed by atoms with Crippen LogP contribution in [0.4, 0.5) is 5.69 Å². The molecule has 3 heterocycles. The van der Waals surface area contributed by atoms with E-state index in [1.165, 1.54) is 10.6 Å². The van der Waals surface area contributed by atoms with Gasteiger partial charge in [-0.2, -0.15) is 0 Å². The lowest BCUT2D eigenvalue weighted by molar-refractivity contribution is 0.0525. The SMILES string of the molecule is CCOC(=O)c1cc2c(=O)n(-c3ncccc3N)ccc2nc1C. The normalized spacial score (nSPS) is 10.8. The van der Waals surface area contributed by atoms with Crippen LogP contribution in [-0.4, -0.2) is 27.1 Å². The van der Waals surface area contributed by atoms with E-state index in [9.17, 15) is 9.59 Å². The largest absolute Gasteiger partial charge is 0.462 e. The number of aryl methyl sites for hydroxylation is 1. The number of hydrogen-bond acceptors (Lipinski definition) is 6. The third-order valence-electron chi connectivity index (χ3n) is 3.61. The average molecular weight is 324 g/mol. The Balaban J connectivity index is 2.25. The number of carbonyl (C=O) groups is 1. The zero-order valence-corrected chi connectivity index (χ0v) is 13.3. The third kappa shape index (κ3) is 2.60. The van der Waals surface area contributed by atoms with Gasteiger partial charge in [0.15, 0.2) is 5.82 Å². The summed E-state index contributed by atoms with van der Waals surface area (Å²) in [5.74, 6) is -0.167. The molecule has 7 heteroatoms. The number of nitrogens with two attached hydrogens (primary N) is 1. The molecule has 0 unspecified atom stereocenters. The monoisotopic (exact) mass is 324 g/mol. The molecule has 0 aliphatic rings. The van der Waals surface area contributed by atoms with E-state index in [0.717, 1.165) is 0 Å². The molecule has 3 aromatic rings. The van der Waals surface area contributed by atoms with Gasteiger partial charge >= 0.3 is 5.97 Å². The fourth-order valence-corrected chi connectivity index (χ4v) is 2.46. The highest BCUT2D eigenvalue weighted by Gasteiger charge is 2.16. The summed E-state index contributed by atoms with van der Waals surface area (Å²) in [4.78, 5) is 33.3. The second-order valence-corrected chi connectivity index (χ2v) is 5.18. The maximum atomic E-state index is 12.8. The van der Waals surface area contributed by atoms with Crippen molar-refractivity contribution in [1.29, 1.82) is 0 Å². The number of hydrogen-bond donors (Lipinski definition) is 1. The number of esters is 1. The van der Waals surface area contributed by atoms with Gasteiger partial charge in [-0.25, -0.2) is 9.78 Å². The molecular formula is C17H16N4O3. The summed E-state index contributed by atoms with van der Waals surface area (Å²) < 4.78 is 6.35. The Morgan fingerprint density at radius 1 is 1.38 bits per heavy atom. The van der Waals surface area contributed by atoms with Crippen LogP contribution in [0.3, 0.4) is 0 Å². The molecule has 0 bridgehead atoms. The van der Waals surface area contributed by atoms with Crippen LogP contribution in [0.2, 0.25) is 0 Å². The van der Waals surface area contributed by atoms with Gasteiger partial charge in [0.05, 0.1) is 34.5 Å². The minimum absolute atomic E-state index is 0.250. The molecule has 0 atom stereocenters. The van der Waals surface area contributed by atoms with Crippen molar-refractivity contribution in [3.63, 3.8) is 0 Å². The lowest BCUT2D eigenvalue weighted by Crippen LogP contribution is -2.21. The van der Waals surface area contributed by atoms with Crippen molar-refractivity contribution in [3.8, 4) is 5.82 Å². The van der Waals surface area contributed by atoms with Gasteiger partial charge in [-0.05, 0) is 38.1 Å². The topological polar surface area (TPSA) is 100 Å². The summed E-state index contributed by atoms with van der Waals surface area (Å²) in [7, 11) is 0. The molecule has 7 nitrogen and oxygen atoms in total. The molecule has 0 amide bonds. The average Bonchev–Trinajstić information content (AvgIpc) is 2.56. The summed E-state index contributed by atoms with van der Waals surface area (Å²) in [6, 6.07) is 6.55. The van der Waals surface area contributed by atoms with E-state index in [2.05, 4.69) is 9.97 Å². The molecule has 0 spiro atoms. The van der Waals surface area contributed by atoms with Gasteiger partial charge in [0.25, 0.3) is 5.56 Å². The smallest absolute Gasteiger partial charge is 0.339 e.